The Bertz CT molecular complexity index is 953. The van der Waals surface area contributed by atoms with Crippen molar-refractivity contribution in [1.29, 1.82) is 0 Å². The first-order valence-corrected chi connectivity index (χ1v) is 9.44. The van der Waals surface area contributed by atoms with Crippen LogP contribution in [0.3, 0.4) is 0 Å². The molecule has 29 heavy (non-hydrogen) atoms. The average Bonchev–Trinajstić information content (AvgIpc) is 3.23. The highest BCUT2D eigenvalue weighted by molar-refractivity contribution is 5.59. The normalized spacial score (nSPS) is 14.8. The standard InChI is InChI=1S/C21H23FN4O3/c1-27-18-8-3-15(13-19(18)28-2)21-24-23-20(29-21)14-25-9-11-26(12-10-25)17-6-4-16(22)5-7-17/h3-8,13H,9-12,14H2,1-2H3. The fourth-order valence-corrected chi connectivity index (χ4v) is 3.41. The summed E-state index contributed by atoms with van der Waals surface area (Å²) in [6, 6.07) is 12.1. The number of hydrogen-bond donors (Lipinski definition) is 0. The molecule has 1 saturated heterocycles. The molecule has 0 atom stereocenters. The number of hydrogen-bond acceptors (Lipinski definition) is 7. The molecule has 0 spiro atoms. The maximum absolute atomic E-state index is 13.1. The Morgan fingerprint density at radius 2 is 1.66 bits per heavy atom. The van der Waals surface area contributed by atoms with Crippen molar-refractivity contribution >= 4 is 5.69 Å². The zero-order valence-electron chi connectivity index (χ0n) is 16.5. The number of benzene rings is 2. The average molecular weight is 398 g/mol. The number of nitrogens with zero attached hydrogens (tertiary/aromatic N) is 4. The molecule has 3 aromatic rings. The van der Waals surface area contributed by atoms with E-state index in [-0.39, 0.29) is 5.82 Å². The molecule has 0 N–H and O–H groups in total. The van der Waals surface area contributed by atoms with Crippen molar-refractivity contribution in [2.75, 3.05) is 45.3 Å². The van der Waals surface area contributed by atoms with E-state index in [2.05, 4.69) is 20.0 Å². The molecule has 8 heteroatoms. The van der Waals surface area contributed by atoms with Gasteiger partial charge in [-0.05, 0) is 42.5 Å². The summed E-state index contributed by atoms with van der Waals surface area (Å²) in [7, 11) is 3.19. The van der Waals surface area contributed by atoms with E-state index < -0.39 is 0 Å². The lowest BCUT2D eigenvalue weighted by molar-refractivity contribution is 0.227. The molecule has 0 radical (unpaired) electrons. The second-order valence-electron chi connectivity index (χ2n) is 6.81. The molecule has 0 aliphatic carbocycles. The summed E-state index contributed by atoms with van der Waals surface area (Å²) < 4.78 is 29.5. The van der Waals surface area contributed by atoms with Crippen LogP contribution in [0.5, 0.6) is 11.5 Å². The van der Waals surface area contributed by atoms with Crippen LogP contribution >= 0.6 is 0 Å². The molecule has 0 saturated carbocycles. The van der Waals surface area contributed by atoms with Crippen LogP contribution in [-0.2, 0) is 6.54 Å². The number of methoxy groups -OCH3 is 2. The highest BCUT2D eigenvalue weighted by Gasteiger charge is 2.20. The summed E-state index contributed by atoms with van der Waals surface area (Å²) in [6.45, 7) is 4.05. The van der Waals surface area contributed by atoms with Gasteiger partial charge in [0, 0.05) is 37.4 Å². The second-order valence-corrected chi connectivity index (χ2v) is 6.81. The number of ether oxygens (including phenoxy) is 2. The molecule has 1 aliphatic heterocycles. The lowest BCUT2D eigenvalue weighted by Gasteiger charge is -2.35. The Balaban J connectivity index is 1.37. The predicted octanol–water partition coefficient (Wildman–Crippen LogP) is 3.22. The summed E-state index contributed by atoms with van der Waals surface area (Å²) in [5, 5.41) is 8.35. The van der Waals surface area contributed by atoms with Crippen molar-refractivity contribution in [3.8, 4) is 23.0 Å². The monoisotopic (exact) mass is 398 g/mol. The summed E-state index contributed by atoms with van der Waals surface area (Å²) in [5.41, 5.74) is 1.82. The van der Waals surface area contributed by atoms with Crippen LogP contribution in [0.1, 0.15) is 5.89 Å². The van der Waals surface area contributed by atoms with Crippen molar-refractivity contribution in [2.24, 2.45) is 0 Å². The van der Waals surface area contributed by atoms with Crippen molar-refractivity contribution < 1.29 is 18.3 Å². The van der Waals surface area contributed by atoms with Crippen LogP contribution in [0.4, 0.5) is 10.1 Å². The maximum Gasteiger partial charge on any atom is 0.247 e. The van der Waals surface area contributed by atoms with Crippen LogP contribution in [0, 0.1) is 5.82 Å². The third kappa shape index (κ3) is 4.32. The molecular formula is C21H23FN4O3. The molecule has 0 bridgehead atoms. The Morgan fingerprint density at radius 3 is 2.34 bits per heavy atom. The number of aromatic nitrogens is 2. The first kappa shape index (κ1) is 19.2. The molecule has 2 aromatic carbocycles. The molecule has 2 heterocycles. The Hall–Kier alpha value is -3.13. The van der Waals surface area contributed by atoms with E-state index in [0.29, 0.717) is 29.8 Å². The van der Waals surface area contributed by atoms with Crippen LogP contribution in [0.15, 0.2) is 46.9 Å². The summed E-state index contributed by atoms with van der Waals surface area (Å²) in [5.74, 6) is 2.07. The SMILES string of the molecule is COc1ccc(-c2nnc(CN3CCN(c4ccc(F)cc4)CC3)o2)cc1OC. The minimum Gasteiger partial charge on any atom is -0.493 e. The van der Waals surface area contributed by atoms with Gasteiger partial charge in [0.25, 0.3) is 0 Å². The first-order chi connectivity index (χ1) is 14.2. The molecule has 7 nitrogen and oxygen atoms in total. The van der Waals surface area contributed by atoms with Gasteiger partial charge in [-0.3, -0.25) is 4.90 Å². The zero-order chi connectivity index (χ0) is 20.2. The topological polar surface area (TPSA) is 63.9 Å². The molecule has 1 aliphatic rings. The molecular weight excluding hydrogens is 375 g/mol. The third-order valence-electron chi connectivity index (χ3n) is 5.02. The minimum atomic E-state index is -0.214. The van der Waals surface area contributed by atoms with Gasteiger partial charge < -0.3 is 18.8 Å². The molecule has 4 rings (SSSR count). The van der Waals surface area contributed by atoms with Crippen LogP contribution in [-0.4, -0.2) is 55.5 Å². The largest absolute Gasteiger partial charge is 0.493 e. The van der Waals surface area contributed by atoms with Crippen molar-refractivity contribution in [1.82, 2.24) is 15.1 Å². The Morgan fingerprint density at radius 1 is 0.931 bits per heavy atom. The van der Waals surface area contributed by atoms with E-state index >= 15 is 0 Å². The lowest BCUT2D eigenvalue weighted by Crippen LogP contribution is -2.46. The molecule has 0 amide bonds. The maximum atomic E-state index is 13.1. The van der Waals surface area contributed by atoms with Crippen LogP contribution < -0.4 is 14.4 Å². The first-order valence-electron chi connectivity index (χ1n) is 9.44. The smallest absolute Gasteiger partial charge is 0.247 e. The van der Waals surface area contributed by atoms with Gasteiger partial charge in [0.2, 0.25) is 11.8 Å². The van der Waals surface area contributed by atoms with Gasteiger partial charge in [-0.15, -0.1) is 10.2 Å². The summed E-state index contributed by atoms with van der Waals surface area (Å²) in [6.07, 6.45) is 0. The number of piperazine rings is 1. The lowest BCUT2D eigenvalue weighted by atomic mass is 10.2. The Labute approximate surface area is 168 Å². The quantitative estimate of drug-likeness (QED) is 0.632. The third-order valence-corrected chi connectivity index (χ3v) is 5.02. The molecule has 0 unspecified atom stereocenters. The predicted molar refractivity (Wildman–Crippen MR) is 107 cm³/mol. The van der Waals surface area contributed by atoms with E-state index in [0.717, 1.165) is 37.4 Å². The second kappa shape index (κ2) is 8.48. The molecule has 1 fully saturated rings. The van der Waals surface area contributed by atoms with Gasteiger partial charge in [-0.1, -0.05) is 0 Å². The van der Waals surface area contributed by atoms with Gasteiger partial charge in [-0.25, -0.2) is 4.39 Å². The van der Waals surface area contributed by atoms with E-state index in [1.165, 1.54) is 12.1 Å². The highest BCUT2D eigenvalue weighted by atomic mass is 19.1. The van der Waals surface area contributed by atoms with E-state index in [1.54, 1.807) is 14.2 Å². The number of anilines is 1. The number of rotatable bonds is 6. The van der Waals surface area contributed by atoms with E-state index in [4.69, 9.17) is 13.9 Å². The Kier molecular flexibility index (Phi) is 5.62. The van der Waals surface area contributed by atoms with Gasteiger partial charge in [-0.2, -0.15) is 0 Å². The van der Waals surface area contributed by atoms with E-state index in [1.807, 2.05) is 30.3 Å². The fourth-order valence-electron chi connectivity index (χ4n) is 3.41. The van der Waals surface area contributed by atoms with E-state index in [9.17, 15) is 4.39 Å². The van der Waals surface area contributed by atoms with Crippen molar-refractivity contribution in [2.45, 2.75) is 6.54 Å². The van der Waals surface area contributed by atoms with Crippen LogP contribution in [0.2, 0.25) is 0 Å². The summed E-state index contributed by atoms with van der Waals surface area (Å²) >= 11 is 0. The van der Waals surface area contributed by atoms with Gasteiger partial charge >= 0.3 is 0 Å². The fraction of sp³-hybridized carbons (Fsp3) is 0.333. The minimum absolute atomic E-state index is 0.214. The zero-order valence-corrected chi connectivity index (χ0v) is 16.5. The summed E-state index contributed by atoms with van der Waals surface area (Å²) in [4.78, 5) is 4.52. The molecule has 1 aromatic heterocycles. The van der Waals surface area contributed by atoms with Gasteiger partial charge in [0.1, 0.15) is 5.82 Å². The van der Waals surface area contributed by atoms with Crippen molar-refractivity contribution in [3.63, 3.8) is 0 Å². The highest BCUT2D eigenvalue weighted by Crippen LogP contribution is 2.31. The van der Waals surface area contributed by atoms with Gasteiger partial charge in [0.05, 0.1) is 20.8 Å². The number of halogens is 1. The van der Waals surface area contributed by atoms with Crippen molar-refractivity contribution in [3.05, 3.63) is 54.2 Å². The van der Waals surface area contributed by atoms with Gasteiger partial charge in [0.15, 0.2) is 11.5 Å². The van der Waals surface area contributed by atoms with Crippen LogP contribution in [0.25, 0.3) is 11.5 Å². The molecule has 152 valence electrons.